The summed E-state index contributed by atoms with van der Waals surface area (Å²) in [5, 5.41) is 3.43. The van der Waals surface area contributed by atoms with E-state index in [0.717, 1.165) is 43.7 Å². The topological polar surface area (TPSA) is 28.4 Å². The fourth-order valence-corrected chi connectivity index (χ4v) is 3.06. The first-order valence-corrected chi connectivity index (χ1v) is 8.21. The number of hydrogen-bond donors (Lipinski definition) is 1. The third-order valence-corrected chi connectivity index (χ3v) is 4.18. The van der Waals surface area contributed by atoms with Crippen molar-refractivity contribution >= 4 is 0 Å². The molecule has 20 heavy (non-hydrogen) atoms. The van der Waals surface area contributed by atoms with Gasteiger partial charge < -0.3 is 9.73 Å². The predicted molar refractivity (Wildman–Crippen MR) is 83.6 cm³/mol. The number of rotatable bonds is 8. The molecule has 114 valence electrons. The van der Waals surface area contributed by atoms with Gasteiger partial charge >= 0.3 is 0 Å². The van der Waals surface area contributed by atoms with Crippen LogP contribution in [-0.4, -0.2) is 24.0 Å². The SMILES string of the molecule is CCN(Cc1ccc(CNCC(C)C)o1)C1CCCC1. The van der Waals surface area contributed by atoms with Gasteiger partial charge in [-0.15, -0.1) is 0 Å². The van der Waals surface area contributed by atoms with Crippen LogP contribution in [0, 0.1) is 5.92 Å². The molecule has 0 aromatic carbocycles. The second-order valence-electron chi connectivity index (χ2n) is 6.39. The first kappa shape index (κ1) is 15.6. The fraction of sp³-hybridized carbons (Fsp3) is 0.765. The average molecular weight is 278 g/mol. The lowest BCUT2D eigenvalue weighted by molar-refractivity contribution is 0.184. The highest BCUT2D eigenvalue weighted by atomic mass is 16.3. The third-order valence-electron chi connectivity index (χ3n) is 4.18. The van der Waals surface area contributed by atoms with Crippen molar-refractivity contribution in [1.82, 2.24) is 10.2 Å². The molecule has 1 fully saturated rings. The van der Waals surface area contributed by atoms with E-state index in [1.54, 1.807) is 0 Å². The summed E-state index contributed by atoms with van der Waals surface area (Å²) in [4.78, 5) is 2.57. The van der Waals surface area contributed by atoms with Crippen LogP contribution in [0.5, 0.6) is 0 Å². The van der Waals surface area contributed by atoms with Crippen LogP contribution >= 0.6 is 0 Å². The van der Waals surface area contributed by atoms with E-state index < -0.39 is 0 Å². The van der Waals surface area contributed by atoms with Gasteiger partial charge in [-0.2, -0.15) is 0 Å². The van der Waals surface area contributed by atoms with Crippen LogP contribution < -0.4 is 5.32 Å². The van der Waals surface area contributed by atoms with E-state index in [2.05, 4.69) is 43.1 Å². The van der Waals surface area contributed by atoms with Crippen LogP contribution in [0.1, 0.15) is 58.0 Å². The van der Waals surface area contributed by atoms with Crippen molar-refractivity contribution in [3.8, 4) is 0 Å². The zero-order valence-corrected chi connectivity index (χ0v) is 13.3. The second-order valence-corrected chi connectivity index (χ2v) is 6.39. The summed E-state index contributed by atoms with van der Waals surface area (Å²) in [6, 6.07) is 5.03. The van der Waals surface area contributed by atoms with E-state index in [9.17, 15) is 0 Å². The Morgan fingerprint density at radius 2 is 1.95 bits per heavy atom. The summed E-state index contributed by atoms with van der Waals surface area (Å²) in [5.74, 6) is 2.85. The molecule has 3 nitrogen and oxygen atoms in total. The van der Waals surface area contributed by atoms with Crippen molar-refractivity contribution in [2.45, 2.75) is 65.6 Å². The summed E-state index contributed by atoms with van der Waals surface area (Å²) in [6.07, 6.45) is 5.50. The van der Waals surface area contributed by atoms with Crippen molar-refractivity contribution in [2.24, 2.45) is 5.92 Å². The van der Waals surface area contributed by atoms with Gasteiger partial charge in [-0.05, 0) is 44.0 Å². The molecular weight excluding hydrogens is 248 g/mol. The van der Waals surface area contributed by atoms with Gasteiger partial charge in [0.05, 0.1) is 13.1 Å². The molecule has 1 N–H and O–H groups in total. The molecule has 0 aliphatic heterocycles. The molecule has 3 heteroatoms. The Hall–Kier alpha value is -0.800. The monoisotopic (exact) mass is 278 g/mol. The van der Waals surface area contributed by atoms with Gasteiger partial charge in [0.15, 0.2) is 0 Å². The van der Waals surface area contributed by atoms with E-state index in [1.807, 2.05) is 0 Å². The Kier molecular flexibility index (Phi) is 6.11. The highest BCUT2D eigenvalue weighted by Gasteiger charge is 2.22. The molecule has 1 aromatic rings. The summed E-state index contributed by atoms with van der Waals surface area (Å²) in [6.45, 7) is 10.7. The minimum absolute atomic E-state index is 0.683. The van der Waals surface area contributed by atoms with Crippen molar-refractivity contribution in [2.75, 3.05) is 13.1 Å². The van der Waals surface area contributed by atoms with Crippen molar-refractivity contribution in [1.29, 1.82) is 0 Å². The van der Waals surface area contributed by atoms with Crippen LogP contribution in [0.15, 0.2) is 16.5 Å². The Balaban J connectivity index is 1.81. The Morgan fingerprint density at radius 1 is 1.25 bits per heavy atom. The molecule has 0 spiro atoms. The Labute approximate surface area is 123 Å². The summed E-state index contributed by atoms with van der Waals surface area (Å²) in [7, 11) is 0. The lowest BCUT2D eigenvalue weighted by atomic mass is 10.2. The van der Waals surface area contributed by atoms with Crippen molar-refractivity contribution in [3.05, 3.63) is 23.7 Å². The summed E-state index contributed by atoms with van der Waals surface area (Å²) >= 11 is 0. The quantitative estimate of drug-likeness (QED) is 0.784. The van der Waals surface area contributed by atoms with Gasteiger partial charge in [-0.1, -0.05) is 33.6 Å². The first-order chi connectivity index (χ1) is 9.69. The van der Waals surface area contributed by atoms with Gasteiger partial charge in [0.1, 0.15) is 11.5 Å². The number of furan rings is 1. The summed E-state index contributed by atoms with van der Waals surface area (Å²) < 4.78 is 5.95. The molecule has 0 atom stereocenters. The number of nitrogens with one attached hydrogen (secondary N) is 1. The molecule has 0 amide bonds. The molecule has 1 aliphatic rings. The largest absolute Gasteiger partial charge is 0.463 e. The van der Waals surface area contributed by atoms with E-state index in [0.29, 0.717) is 5.92 Å². The minimum Gasteiger partial charge on any atom is -0.463 e. The van der Waals surface area contributed by atoms with Gasteiger partial charge in [0, 0.05) is 6.04 Å². The van der Waals surface area contributed by atoms with Gasteiger partial charge in [0.25, 0.3) is 0 Å². The maximum atomic E-state index is 5.95. The van der Waals surface area contributed by atoms with Gasteiger partial charge in [-0.25, -0.2) is 0 Å². The molecule has 2 rings (SSSR count). The van der Waals surface area contributed by atoms with E-state index >= 15 is 0 Å². The van der Waals surface area contributed by atoms with Crippen LogP contribution in [0.2, 0.25) is 0 Å². The fourth-order valence-electron chi connectivity index (χ4n) is 3.06. The van der Waals surface area contributed by atoms with Crippen LogP contribution in [0.4, 0.5) is 0 Å². The van der Waals surface area contributed by atoms with Crippen LogP contribution in [0.25, 0.3) is 0 Å². The Morgan fingerprint density at radius 3 is 2.60 bits per heavy atom. The smallest absolute Gasteiger partial charge is 0.118 e. The second kappa shape index (κ2) is 7.84. The van der Waals surface area contributed by atoms with Crippen LogP contribution in [-0.2, 0) is 13.1 Å². The highest BCUT2D eigenvalue weighted by molar-refractivity contribution is 5.07. The zero-order valence-electron chi connectivity index (χ0n) is 13.3. The van der Waals surface area contributed by atoms with Crippen molar-refractivity contribution < 1.29 is 4.42 Å². The number of nitrogens with zero attached hydrogens (tertiary/aromatic N) is 1. The molecule has 1 aromatic heterocycles. The summed E-state index contributed by atoms with van der Waals surface area (Å²) in [5.41, 5.74) is 0. The molecule has 1 heterocycles. The van der Waals surface area contributed by atoms with E-state index in [-0.39, 0.29) is 0 Å². The lowest BCUT2D eigenvalue weighted by Gasteiger charge is -2.26. The molecule has 0 bridgehead atoms. The zero-order chi connectivity index (χ0) is 14.4. The normalized spacial score (nSPS) is 16.6. The molecule has 1 aliphatic carbocycles. The highest BCUT2D eigenvalue weighted by Crippen LogP contribution is 2.25. The Bertz CT molecular complexity index is 380. The third kappa shape index (κ3) is 4.64. The minimum atomic E-state index is 0.683. The van der Waals surface area contributed by atoms with Gasteiger partial charge in [-0.3, -0.25) is 4.90 Å². The lowest BCUT2D eigenvalue weighted by Crippen LogP contribution is -2.32. The van der Waals surface area contributed by atoms with Gasteiger partial charge in [0.2, 0.25) is 0 Å². The van der Waals surface area contributed by atoms with E-state index in [1.165, 1.54) is 25.7 Å². The number of hydrogen-bond acceptors (Lipinski definition) is 3. The van der Waals surface area contributed by atoms with E-state index in [4.69, 9.17) is 4.42 Å². The first-order valence-electron chi connectivity index (χ1n) is 8.21. The molecule has 0 radical (unpaired) electrons. The maximum Gasteiger partial charge on any atom is 0.118 e. The molecule has 1 saturated carbocycles. The molecular formula is C17H30N2O. The standard InChI is InChI=1S/C17H30N2O/c1-4-19(15-7-5-6-8-15)13-17-10-9-16(20-17)12-18-11-14(2)3/h9-10,14-15,18H,4-8,11-13H2,1-3H3. The average Bonchev–Trinajstić information content (AvgIpc) is 3.06. The van der Waals surface area contributed by atoms with Crippen molar-refractivity contribution in [3.63, 3.8) is 0 Å². The molecule has 0 saturated heterocycles. The van der Waals surface area contributed by atoms with Crippen LogP contribution in [0.3, 0.4) is 0 Å². The molecule has 0 unspecified atom stereocenters. The maximum absolute atomic E-state index is 5.95. The predicted octanol–water partition coefficient (Wildman–Crippen LogP) is 3.79.